The average molecular weight is 618 g/mol. The van der Waals surface area contributed by atoms with Gasteiger partial charge in [0.1, 0.15) is 23.4 Å². The fourth-order valence-corrected chi connectivity index (χ4v) is 6.26. The van der Waals surface area contributed by atoms with E-state index in [2.05, 4.69) is 15.2 Å². The molecule has 12 nitrogen and oxygen atoms in total. The molecule has 43 heavy (non-hydrogen) atoms. The molecule has 0 spiro atoms. The Morgan fingerprint density at radius 2 is 1.88 bits per heavy atom. The molecule has 1 aliphatic rings. The smallest absolute Gasteiger partial charge is 0.321 e. The van der Waals surface area contributed by atoms with Crippen LogP contribution in [0.25, 0.3) is 0 Å². The first kappa shape index (κ1) is 31.8. The van der Waals surface area contributed by atoms with Crippen molar-refractivity contribution in [3.05, 3.63) is 65.3 Å². The van der Waals surface area contributed by atoms with Gasteiger partial charge in [-0.1, -0.05) is 12.1 Å². The van der Waals surface area contributed by atoms with Crippen molar-refractivity contribution in [1.29, 1.82) is 0 Å². The van der Waals surface area contributed by atoms with Gasteiger partial charge < -0.3 is 29.5 Å². The van der Waals surface area contributed by atoms with E-state index in [1.165, 1.54) is 55.1 Å². The molecule has 0 fully saturated rings. The molecule has 0 saturated carbocycles. The van der Waals surface area contributed by atoms with Crippen molar-refractivity contribution in [2.75, 3.05) is 36.8 Å². The highest BCUT2D eigenvalue weighted by atomic mass is 32.2. The van der Waals surface area contributed by atoms with E-state index < -0.39 is 34.0 Å². The number of aliphatic hydroxyl groups is 1. The largest absolute Gasteiger partial charge is 0.488 e. The number of aromatic nitrogens is 1. The number of hydrogen-bond donors (Lipinski definition) is 3. The number of ether oxygens (including phenoxy) is 1. The van der Waals surface area contributed by atoms with Crippen molar-refractivity contribution in [2.24, 2.45) is 5.92 Å². The van der Waals surface area contributed by atoms with Crippen LogP contribution in [0.15, 0.2) is 51.9 Å². The lowest BCUT2D eigenvalue weighted by Crippen LogP contribution is -2.48. The third kappa shape index (κ3) is 7.43. The summed E-state index contributed by atoms with van der Waals surface area (Å²) in [4.78, 5) is 29.3. The number of carbonyl (C=O) groups is 2. The predicted molar refractivity (Wildman–Crippen MR) is 157 cm³/mol. The number of nitrogens with zero attached hydrogens (tertiary/aromatic N) is 3. The van der Waals surface area contributed by atoms with Crippen LogP contribution in [0.2, 0.25) is 0 Å². The molecule has 0 unspecified atom stereocenters. The van der Waals surface area contributed by atoms with Crippen molar-refractivity contribution in [1.82, 2.24) is 15.0 Å². The molecule has 14 heteroatoms. The van der Waals surface area contributed by atoms with Crippen molar-refractivity contribution < 1.29 is 36.8 Å². The van der Waals surface area contributed by atoms with E-state index in [4.69, 9.17) is 9.26 Å². The van der Waals surface area contributed by atoms with Gasteiger partial charge in [0.25, 0.3) is 10.0 Å². The number of benzene rings is 2. The lowest BCUT2D eigenvalue weighted by Gasteiger charge is -2.34. The molecule has 2 heterocycles. The van der Waals surface area contributed by atoms with Gasteiger partial charge in [-0.2, -0.15) is 0 Å². The van der Waals surface area contributed by atoms with Gasteiger partial charge in [-0.3, -0.25) is 9.52 Å². The number of urea groups is 1. The average Bonchev–Trinajstić information content (AvgIpc) is 3.32. The molecular weight excluding hydrogens is 581 g/mol. The maximum Gasteiger partial charge on any atom is 0.321 e. The zero-order valence-corrected chi connectivity index (χ0v) is 25.4. The van der Waals surface area contributed by atoms with E-state index in [-0.39, 0.29) is 60.0 Å². The molecule has 3 atom stereocenters. The normalized spacial score (nSPS) is 18.0. The SMILES string of the molecule is Cc1noc(C)c1S(=O)(=O)Nc1ccc2c(c1)CC(=O)N([C@@H](C)CO)C[C@H](C)[C@H](CN(C)C(=O)Nc1ccc(F)cc1)O2. The zero-order chi connectivity index (χ0) is 31.5. The van der Waals surface area contributed by atoms with Crippen molar-refractivity contribution in [3.8, 4) is 5.75 Å². The fraction of sp³-hybridized carbons (Fsp3) is 0.414. The summed E-state index contributed by atoms with van der Waals surface area (Å²) in [6.45, 7) is 6.76. The monoisotopic (exact) mass is 617 g/mol. The summed E-state index contributed by atoms with van der Waals surface area (Å²) in [7, 11) is -2.45. The highest BCUT2D eigenvalue weighted by Gasteiger charge is 2.32. The molecule has 3 aromatic rings. The summed E-state index contributed by atoms with van der Waals surface area (Å²) in [5.74, 6) is -0.468. The summed E-state index contributed by atoms with van der Waals surface area (Å²) in [5, 5.41) is 16.3. The lowest BCUT2D eigenvalue weighted by molar-refractivity contribution is -0.134. The van der Waals surface area contributed by atoms with Crippen LogP contribution in [-0.4, -0.2) is 79.3 Å². The van der Waals surface area contributed by atoms with Crippen LogP contribution in [-0.2, 0) is 21.2 Å². The van der Waals surface area contributed by atoms with Gasteiger partial charge in [0.15, 0.2) is 10.7 Å². The Bertz CT molecular complexity index is 1560. The van der Waals surface area contributed by atoms with Crippen LogP contribution in [0.4, 0.5) is 20.6 Å². The van der Waals surface area contributed by atoms with E-state index in [9.17, 15) is 27.5 Å². The molecule has 0 bridgehead atoms. The minimum absolute atomic E-state index is 0.0674. The van der Waals surface area contributed by atoms with Gasteiger partial charge in [0.2, 0.25) is 5.91 Å². The number of amides is 3. The Labute approximate surface area is 249 Å². The number of nitrogens with one attached hydrogen (secondary N) is 2. The number of anilines is 2. The van der Waals surface area contributed by atoms with Crippen LogP contribution < -0.4 is 14.8 Å². The molecule has 0 radical (unpaired) electrons. The quantitative estimate of drug-likeness (QED) is 0.347. The Kier molecular flexibility index (Phi) is 9.60. The zero-order valence-electron chi connectivity index (χ0n) is 24.6. The first-order chi connectivity index (χ1) is 20.3. The maximum absolute atomic E-state index is 13.5. The minimum Gasteiger partial charge on any atom is -0.488 e. The van der Waals surface area contributed by atoms with Crippen molar-refractivity contribution >= 4 is 33.3 Å². The van der Waals surface area contributed by atoms with E-state index >= 15 is 0 Å². The maximum atomic E-state index is 13.5. The predicted octanol–water partition coefficient (Wildman–Crippen LogP) is 3.54. The molecule has 1 aromatic heterocycles. The van der Waals surface area contributed by atoms with Gasteiger partial charge in [-0.05, 0) is 63.2 Å². The first-order valence-electron chi connectivity index (χ1n) is 13.7. The highest BCUT2D eigenvalue weighted by molar-refractivity contribution is 7.92. The van der Waals surface area contributed by atoms with E-state index in [1.54, 1.807) is 24.9 Å². The van der Waals surface area contributed by atoms with Crippen molar-refractivity contribution in [2.45, 2.75) is 51.2 Å². The van der Waals surface area contributed by atoms with Gasteiger partial charge in [0, 0.05) is 36.4 Å². The van der Waals surface area contributed by atoms with Crippen molar-refractivity contribution in [3.63, 3.8) is 0 Å². The second-order valence-corrected chi connectivity index (χ2v) is 12.4. The first-order valence-corrected chi connectivity index (χ1v) is 15.2. The summed E-state index contributed by atoms with van der Waals surface area (Å²) in [5.41, 5.74) is 1.27. The van der Waals surface area contributed by atoms with E-state index in [0.717, 1.165) is 0 Å². The standard InChI is InChI=1S/C29H36FN5O7S/c1-17-14-35(18(2)16-36)27(37)13-21-12-24(33-43(39,40)28-19(3)32-42-20(28)4)10-11-25(21)41-26(17)15-34(5)29(38)31-23-8-6-22(30)7-9-23/h6-12,17-18,26,33,36H,13-16H2,1-5H3,(H,31,38)/t17-,18-,26-/m0/s1. The molecular formula is C29H36FN5O7S. The molecule has 232 valence electrons. The molecule has 4 rings (SSSR count). The molecule has 3 amide bonds. The van der Waals surface area contributed by atoms with Gasteiger partial charge >= 0.3 is 6.03 Å². The third-order valence-electron chi connectivity index (χ3n) is 7.30. The van der Waals surface area contributed by atoms with Crippen LogP contribution in [0.3, 0.4) is 0 Å². The molecule has 3 N–H and O–H groups in total. The summed E-state index contributed by atoms with van der Waals surface area (Å²) in [6.07, 6.45) is -0.701. The second-order valence-electron chi connectivity index (χ2n) is 10.8. The third-order valence-corrected chi connectivity index (χ3v) is 8.93. The summed E-state index contributed by atoms with van der Waals surface area (Å²) < 4.78 is 53.5. The number of fused-ring (bicyclic) bond motifs is 1. The number of halogens is 1. The second kappa shape index (κ2) is 13.0. The van der Waals surface area contributed by atoms with Crippen LogP contribution in [0, 0.1) is 25.6 Å². The van der Waals surface area contributed by atoms with Crippen LogP contribution in [0.5, 0.6) is 5.75 Å². The number of likely N-dealkylation sites (N-methyl/N-ethyl adjacent to an activating group) is 1. The fourth-order valence-electron chi connectivity index (χ4n) is 4.88. The Balaban J connectivity index is 1.62. The Morgan fingerprint density at radius 3 is 2.51 bits per heavy atom. The lowest BCUT2D eigenvalue weighted by atomic mass is 10.0. The summed E-state index contributed by atoms with van der Waals surface area (Å²) in [6, 6.07) is 9.10. The number of aliphatic hydroxyl groups excluding tert-OH is 1. The van der Waals surface area contributed by atoms with Gasteiger partial charge in [-0.25, -0.2) is 17.6 Å². The topological polar surface area (TPSA) is 154 Å². The Hall–Kier alpha value is -4.17. The summed E-state index contributed by atoms with van der Waals surface area (Å²) >= 11 is 0. The number of carbonyl (C=O) groups excluding carboxylic acids is 2. The molecule has 0 saturated heterocycles. The van der Waals surface area contributed by atoms with Crippen LogP contribution >= 0.6 is 0 Å². The van der Waals surface area contributed by atoms with Crippen LogP contribution in [0.1, 0.15) is 30.9 Å². The Morgan fingerprint density at radius 1 is 1.21 bits per heavy atom. The number of aryl methyl sites for hydroxylation is 2. The number of hydrogen-bond acceptors (Lipinski definition) is 8. The van der Waals surface area contributed by atoms with E-state index in [0.29, 0.717) is 17.0 Å². The van der Waals surface area contributed by atoms with Gasteiger partial charge in [-0.15, -0.1) is 0 Å². The molecule has 0 aliphatic carbocycles. The molecule has 2 aromatic carbocycles. The minimum atomic E-state index is -4.04. The highest BCUT2D eigenvalue weighted by Crippen LogP contribution is 2.31. The number of sulfonamides is 1. The number of rotatable bonds is 8. The molecule has 1 aliphatic heterocycles. The van der Waals surface area contributed by atoms with E-state index in [1.807, 2.05) is 6.92 Å². The van der Waals surface area contributed by atoms with Gasteiger partial charge in [0.05, 0.1) is 25.6 Å².